The zero-order valence-corrected chi connectivity index (χ0v) is 22.3. The van der Waals surface area contributed by atoms with E-state index in [1.54, 1.807) is 43.6 Å². The molecule has 0 bridgehead atoms. The van der Waals surface area contributed by atoms with E-state index in [9.17, 15) is 18.0 Å². The van der Waals surface area contributed by atoms with Gasteiger partial charge in [0.2, 0.25) is 5.91 Å². The summed E-state index contributed by atoms with van der Waals surface area (Å²) < 4.78 is 29.8. The third-order valence-electron chi connectivity index (χ3n) is 5.30. The van der Waals surface area contributed by atoms with Gasteiger partial charge in [-0.15, -0.1) is 11.3 Å². The van der Waals surface area contributed by atoms with Gasteiger partial charge in [0.1, 0.15) is 5.69 Å². The summed E-state index contributed by atoms with van der Waals surface area (Å²) >= 11 is 1.21. The molecule has 38 heavy (non-hydrogen) atoms. The van der Waals surface area contributed by atoms with E-state index in [0.29, 0.717) is 27.9 Å². The van der Waals surface area contributed by atoms with Crippen LogP contribution in [0.15, 0.2) is 65.0 Å². The van der Waals surface area contributed by atoms with Crippen molar-refractivity contribution in [2.75, 3.05) is 19.0 Å². The molecule has 11 nitrogen and oxygen atoms in total. The number of pyridine rings is 1. The van der Waals surface area contributed by atoms with E-state index in [0.717, 1.165) is 0 Å². The molecule has 3 aromatic heterocycles. The van der Waals surface area contributed by atoms with Crippen molar-refractivity contribution in [1.82, 2.24) is 25.3 Å². The molecular formula is C25H24N6O5S2. The fourth-order valence-corrected chi connectivity index (χ4v) is 5.09. The topological polar surface area (TPSA) is 153 Å². The normalized spacial score (nSPS) is 11.3. The van der Waals surface area contributed by atoms with Crippen LogP contribution >= 0.6 is 11.3 Å². The van der Waals surface area contributed by atoms with Crippen LogP contribution in [0.2, 0.25) is 0 Å². The molecule has 2 N–H and O–H groups in total. The van der Waals surface area contributed by atoms with Crippen molar-refractivity contribution in [3.63, 3.8) is 0 Å². The molecule has 0 fully saturated rings. The van der Waals surface area contributed by atoms with Crippen LogP contribution in [-0.4, -0.2) is 59.1 Å². The lowest BCUT2D eigenvalue weighted by Gasteiger charge is -2.10. The van der Waals surface area contributed by atoms with Gasteiger partial charge in [-0.25, -0.2) is 23.4 Å². The molecule has 196 valence electrons. The number of methoxy groups -OCH3 is 1. The first-order valence-electron chi connectivity index (χ1n) is 11.4. The molecule has 4 aromatic rings. The summed E-state index contributed by atoms with van der Waals surface area (Å²) in [4.78, 5) is 42.3. The second-order valence-corrected chi connectivity index (χ2v) is 11.6. The number of nitrogens with zero attached hydrogens (tertiary/aromatic N) is 4. The van der Waals surface area contributed by atoms with Crippen LogP contribution in [0.25, 0.3) is 22.8 Å². The number of sulfone groups is 1. The summed E-state index contributed by atoms with van der Waals surface area (Å²) in [6, 6.07) is 13.1. The molecule has 0 atom stereocenters. The lowest BCUT2D eigenvalue weighted by molar-refractivity contribution is -0.115. The summed E-state index contributed by atoms with van der Waals surface area (Å²) in [6.07, 6.45) is 1.58. The van der Waals surface area contributed by atoms with Gasteiger partial charge < -0.3 is 15.4 Å². The highest BCUT2D eigenvalue weighted by molar-refractivity contribution is 7.92. The predicted molar refractivity (Wildman–Crippen MR) is 143 cm³/mol. The van der Waals surface area contributed by atoms with Crippen LogP contribution < -0.4 is 15.4 Å². The Morgan fingerprint density at radius 2 is 1.68 bits per heavy atom. The number of thiazole rings is 1. The van der Waals surface area contributed by atoms with Crippen molar-refractivity contribution >= 4 is 38.1 Å². The number of anilines is 1. The van der Waals surface area contributed by atoms with Gasteiger partial charge in [-0.05, 0) is 50.2 Å². The van der Waals surface area contributed by atoms with Crippen LogP contribution in [0.3, 0.4) is 0 Å². The van der Waals surface area contributed by atoms with E-state index in [1.165, 1.54) is 42.7 Å². The molecule has 0 aliphatic carbocycles. The summed E-state index contributed by atoms with van der Waals surface area (Å²) in [5.41, 5.74) is 2.48. The van der Waals surface area contributed by atoms with E-state index >= 15 is 0 Å². The number of ether oxygens (including phenoxy) is 1. The number of carbonyl (C=O) groups excluding carboxylic acids is 2. The first-order valence-corrected chi connectivity index (χ1v) is 13.8. The summed E-state index contributed by atoms with van der Waals surface area (Å²) in [6.45, 7) is 2.82. The second kappa shape index (κ2) is 11.4. The molecule has 13 heteroatoms. The van der Waals surface area contributed by atoms with Gasteiger partial charge in [-0.3, -0.25) is 9.59 Å². The van der Waals surface area contributed by atoms with E-state index in [4.69, 9.17) is 4.74 Å². The van der Waals surface area contributed by atoms with Crippen LogP contribution in [-0.2, 0) is 14.6 Å². The minimum absolute atomic E-state index is 0.0523. The van der Waals surface area contributed by atoms with Gasteiger partial charge in [0.15, 0.2) is 15.0 Å². The first-order chi connectivity index (χ1) is 18.2. The van der Waals surface area contributed by atoms with Crippen molar-refractivity contribution in [2.45, 2.75) is 24.0 Å². The Morgan fingerprint density at radius 3 is 2.42 bits per heavy atom. The van der Waals surface area contributed by atoms with Crippen LogP contribution in [0.4, 0.5) is 5.13 Å². The lowest BCUT2D eigenvalue weighted by atomic mass is 10.2. The molecule has 0 radical (unpaired) electrons. The van der Waals surface area contributed by atoms with Crippen LogP contribution in [0.1, 0.15) is 24.2 Å². The average molecular weight is 553 g/mol. The quantitative estimate of drug-likeness (QED) is 0.319. The standard InChI is InChI=1S/C25H24N6O5S2/c1-15(2)38(34,35)17-7-4-6-16(12-17)23(33)27-13-22(32)31-25-30-21(14-37-25)19-9-5-8-18(28-19)20-10-11-26-24(29-20)36-3/h4-12,14-15H,13H2,1-3H3,(H,27,33)(H,30,31,32). The van der Waals surface area contributed by atoms with Gasteiger partial charge in [-0.2, -0.15) is 4.98 Å². The van der Waals surface area contributed by atoms with Crippen molar-refractivity contribution in [1.29, 1.82) is 0 Å². The van der Waals surface area contributed by atoms with Crippen molar-refractivity contribution in [3.8, 4) is 28.8 Å². The third-order valence-corrected chi connectivity index (χ3v) is 8.21. The fraction of sp³-hybridized carbons (Fsp3) is 0.200. The molecule has 1 aromatic carbocycles. The van der Waals surface area contributed by atoms with E-state index < -0.39 is 26.9 Å². The zero-order valence-electron chi connectivity index (χ0n) is 20.7. The number of benzene rings is 1. The Labute approximate surface area is 223 Å². The summed E-state index contributed by atoms with van der Waals surface area (Å²) in [5, 5.41) is 6.60. The molecule has 0 unspecified atom stereocenters. The van der Waals surface area contributed by atoms with Gasteiger partial charge >= 0.3 is 6.01 Å². The SMILES string of the molecule is COc1nccc(-c2cccc(-c3csc(NC(=O)CNC(=O)c4cccc(S(=O)(=O)C(C)C)c4)n3)n2)n1. The summed E-state index contributed by atoms with van der Waals surface area (Å²) in [5.74, 6) is -1.05. The lowest BCUT2D eigenvalue weighted by Crippen LogP contribution is -2.33. The van der Waals surface area contributed by atoms with E-state index in [-0.39, 0.29) is 23.0 Å². The Kier molecular flexibility index (Phi) is 8.08. The summed E-state index contributed by atoms with van der Waals surface area (Å²) in [7, 11) is -2.05. The number of nitrogens with one attached hydrogen (secondary N) is 2. The molecule has 0 aliphatic rings. The molecule has 0 saturated carbocycles. The highest BCUT2D eigenvalue weighted by Gasteiger charge is 2.20. The number of rotatable bonds is 9. The van der Waals surface area contributed by atoms with E-state index in [2.05, 4.69) is 30.6 Å². The molecule has 0 aliphatic heterocycles. The van der Waals surface area contributed by atoms with Gasteiger partial charge in [-0.1, -0.05) is 12.1 Å². The van der Waals surface area contributed by atoms with Crippen LogP contribution in [0.5, 0.6) is 6.01 Å². The maximum Gasteiger partial charge on any atom is 0.316 e. The Bertz CT molecular complexity index is 1590. The molecule has 4 rings (SSSR count). The number of hydrogen-bond acceptors (Lipinski definition) is 10. The number of amides is 2. The average Bonchev–Trinajstić information content (AvgIpc) is 3.40. The highest BCUT2D eigenvalue weighted by atomic mass is 32.2. The molecule has 3 heterocycles. The number of aromatic nitrogens is 4. The predicted octanol–water partition coefficient (Wildman–Crippen LogP) is 3.22. The molecular weight excluding hydrogens is 528 g/mol. The molecule has 0 saturated heterocycles. The number of carbonyl (C=O) groups is 2. The Balaban J connectivity index is 1.38. The maximum atomic E-state index is 12.5. The van der Waals surface area contributed by atoms with Crippen molar-refractivity contribution in [3.05, 3.63) is 65.7 Å². The second-order valence-electron chi connectivity index (χ2n) is 8.23. The van der Waals surface area contributed by atoms with E-state index in [1.807, 2.05) is 6.07 Å². The van der Waals surface area contributed by atoms with Crippen LogP contribution in [0, 0.1) is 0 Å². The zero-order chi connectivity index (χ0) is 27.3. The van der Waals surface area contributed by atoms with Gasteiger partial charge in [0, 0.05) is 17.1 Å². The smallest absolute Gasteiger partial charge is 0.316 e. The largest absolute Gasteiger partial charge is 0.467 e. The minimum Gasteiger partial charge on any atom is -0.467 e. The van der Waals surface area contributed by atoms with Gasteiger partial charge in [0.05, 0.1) is 40.9 Å². The minimum atomic E-state index is -3.53. The fourth-order valence-electron chi connectivity index (χ4n) is 3.26. The Morgan fingerprint density at radius 1 is 0.974 bits per heavy atom. The molecule has 0 spiro atoms. The number of hydrogen-bond donors (Lipinski definition) is 2. The monoisotopic (exact) mass is 552 g/mol. The third kappa shape index (κ3) is 6.18. The van der Waals surface area contributed by atoms with Crippen molar-refractivity contribution in [2.24, 2.45) is 0 Å². The highest BCUT2D eigenvalue weighted by Crippen LogP contribution is 2.26. The Hall–Kier alpha value is -4.23. The van der Waals surface area contributed by atoms with Crippen molar-refractivity contribution < 1.29 is 22.7 Å². The van der Waals surface area contributed by atoms with Gasteiger partial charge in [0.25, 0.3) is 5.91 Å². The maximum absolute atomic E-state index is 12.5. The molecule has 2 amide bonds. The first kappa shape index (κ1) is 26.8.